The van der Waals surface area contributed by atoms with E-state index >= 15 is 0 Å². The van der Waals surface area contributed by atoms with E-state index in [1.807, 2.05) is 6.92 Å². The van der Waals surface area contributed by atoms with E-state index in [4.69, 9.17) is 21.1 Å². The number of nitrogens with one attached hydrogen (secondary N) is 1. The van der Waals surface area contributed by atoms with E-state index in [-0.39, 0.29) is 11.8 Å². The first-order chi connectivity index (χ1) is 12.0. The summed E-state index contributed by atoms with van der Waals surface area (Å²) in [6.07, 6.45) is 2.51. The number of rotatable bonds is 8. The van der Waals surface area contributed by atoms with Gasteiger partial charge in [0, 0.05) is 19.2 Å². The quantitative estimate of drug-likeness (QED) is 0.716. The molecule has 2 amide bonds. The van der Waals surface area contributed by atoms with Gasteiger partial charge in [-0.25, -0.2) is 0 Å². The van der Waals surface area contributed by atoms with E-state index < -0.39 is 6.04 Å². The molecule has 7 heteroatoms. The van der Waals surface area contributed by atoms with Crippen LogP contribution in [0.4, 0.5) is 0 Å². The Balaban J connectivity index is 2.17. The van der Waals surface area contributed by atoms with Gasteiger partial charge in [-0.05, 0) is 31.9 Å². The molecule has 1 aromatic carbocycles. The van der Waals surface area contributed by atoms with Crippen LogP contribution in [-0.4, -0.2) is 49.6 Å². The predicted octanol–water partition coefficient (Wildman–Crippen LogP) is 2.88. The average Bonchev–Trinajstić information content (AvgIpc) is 2.89. The van der Waals surface area contributed by atoms with E-state index in [0.717, 1.165) is 12.8 Å². The summed E-state index contributed by atoms with van der Waals surface area (Å²) in [5, 5.41) is 3.08. The molecule has 1 aliphatic heterocycles. The van der Waals surface area contributed by atoms with E-state index in [0.29, 0.717) is 48.3 Å². The molecule has 0 saturated carbocycles. The van der Waals surface area contributed by atoms with Crippen LogP contribution in [0.15, 0.2) is 12.1 Å². The molecule has 0 spiro atoms. The van der Waals surface area contributed by atoms with Crippen LogP contribution in [0.3, 0.4) is 0 Å². The number of likely N-dealkylation sites (tertiary alicyclic amines) is 1. The Morgan fingerprint density at radius 1 is 1.36 bits per heavy atom. The fraction of sp³-hybridized carbons (Fsp3) is 0.556. The van der Waals surface area contributed by atoms with E-state index in [1.54, 1.807) is 24.1 Å². The van der Waals surface area contributed by atoms with Gasteiger partial charge in [0.05, 0.1) is 18.2 Å². The molecule has 6 nitrogen and oxygen atoms in total. The first kappa shape index (κ1) is 19.4. The number of nitrogens with zero attached hydrogens (tertiary/aromatic N) is 1. The lowest BCUT2D eigenvalue weighted by atomic mass is 10.1. The van der Waals surface area contributed by atoms with Crippen molar-refractivity contribution < 1.29 is 19.1 Å². The first-order valence-electron chi connectivity index (χ1n) is 8.62. The molecule has 0 aliphatic carbocycles. The molecule has 0 bridgehead atoms. The smallest absolute Gasteiger partial charge is 0.252 e. The summed E-state index contributed by atoms with van der Waals surface area (Å²) in [5.41, 5.74) is 0.346. The Morgan fingerprint density at radius 3 is 2.72 bits per heavy atom. The zero-order valence-electron chi connectivity index (χ0n) is 14.9. The summed E-state index contributed by atoms with van der Waals surface area (Å²) >= 11 is 6.30. The maximum Gasteiger partial charge on any atom is 0.252 e. The molecule has 25 heavy (non-hydrogen) atoms. The van der Waals surface area contributed by atoms with Gasteiger partial charge in [-0.15, -0.1) is 0 Å². The minimum atomic E-state index is -0.493. The normalized spacial score (nSPS) is 16.9. The largest absolute Gasteiger partial charge is 0.490 e. The average molecular weight is 369 g/mol. The Labute approximate surface area is 153 Å². The van der Waals surface area contributed by atoms with Crippen LogP contribution in [0.2, 0.25) is 5.02 Å². The lowest BCUT2D eigenvalue weighted by molar-refractivity contribution is -0.128. The Bertz CT molecular complexity index is 636. The molecular weight excluding hydrogens is 344 g/mol. The van der Waals surface area contributed by atoms with Gasteiger partial charge in [-0.1, -0.05) is 24.9 Å². The molecule has 138 valence electrons. The van der Waals surface area contributed by atoms with Crippen LogP contribution >= 0.6 is 11.6 Å². The highest BCUT2D eigenvalue weighted by Gasteiger charge is 2.30. The lowest BCUT2D eigenvalue weighted by Gasteiger charge is -2.16. The molecule has 1 unspecified atom stereocenters. The van der Waals surface area contributed by atoms with Crippen molar-refractivity contribution in [1.82, 2.24) is 10.2 Å². The van der Waals surface area contributed by atoms with E-state index in [2.05, 4.69) is 12.2 Å². The molecule has 1 aromatic rings. The summed E-state index contributed by atoms with van der Waals surface area (Å²) in [6.45, 7) is 5.52. The summed E-state index contributed by atoms with van der Waals surface area (Å²) in [5.74, 6) is 0.455. The number of likely N-dealkylation sites (N-methyl/N-ethyl adjacent to an activating group) is 1. The molecule has 0 aromatic heterocycles. The first-order valence-corrected chi connectivity index (χ1v) is 9.00. The van der Waals surface area contributed by atoms with Gasteiger partial charge in [0.25, 0.3) is 5.91 Å². The van der Waals surface area contributed by atoms with Crippen LogP contribution < -0.4 is 14.8 Å². The van der Waals surface area contributed by atoms with Gasteiger partial charge >= 0.3 is 0 Å². The Hall–Kier alpha value is -1.95. The van der Waals surface area contributed by atoms with Crippen molar-refractivity contribution >= 4 is 23.4 Å². The van der Waals surface area contributed by atoms with Crippen molar-refractivity contribution in [3.8, 4) is 11.5 Å². The topological polar surface area (TPSA) is 67.9 Å². The summed E-state index contributed by atoms with van der Waals surface area (Å²) in [6, 6.07) is 2.66. The predicted molar refractivity (Wildman–Crippen MR) is 96.5 cm³/mol. The number of amides is 2. The van der Waals surface area contributed by atoms with Gasteiger partial charge in [-0.3, -0.25) is 9.59 Å². The fourth-order valence-corrected chi connectivity index (χ4v) is 2.88. The number of hydrogen-bond acceptors (Lipinski definition) is 4. The van der Waals surface area contributed by atoms with Crippen molar-refractivity contribution in [3.05, 3.63) is 22.7 Å². The third kappa shape index (κ3) is 4.78. The van der Waals surface area contributed by atoms with Crippen LogP contribution in [-0.2, 0) is 4.79 Å². The number of halogens is 1. The number of benzene rings is 1. The van der Waals surface area contributed by atoms with Crippen molar-refractivity contribution in [2.75, 3.05) is 26.8 Å². The minimum absolute atomic E-state index is 0.0796. The van der Waals surface area contributed by atoms with Crippen molar-refractivity contribution in [2.45, 2.75) is 39.2 Å². The van der Waals surface area contributed by atoms with Crippen LogP contribution in [0.5, 0.6) is 11.5 Å². The van der Waals surface area contributed by atoms with Crippen LogP contribution in [0.1, 0.15) is 43.5 Å². The van der Waals surface area contributed by atoms with Gasteiger partial charge in [-0.2, -0.15) is 0 Å². The number of ether oxygens (including phenoxy) is 2. The van der Waals surface area contributed by atoms with Gasteiger partial charge in [0.15, 0.2) is 11.5 Å². The third-order valence-electron chi connectivity index (χ3n) is 4.05. The number of hydrogen-bond donors (Lipinski definition) is 1. The Kier molecular flexibility index (Phi) is 6.93. The molecule has 2 rings (SSSR count). The lowest BCUT2D eigenvalue weighted by Crippen LogP contribution is -2.40. The summed E-state index contributed by atoms with van der Waals surface area (Å²) in [7, 11) is 1.72. The number of unbranched alkanes of at least 4 members (excludes halogenated alkanes) is 1. The third-order valence-corrected chi connectivity index (χ3v) is 4.33. The zero-order chi connectivity index (χ0) is 18.4. The standard InChI is InChI=1S/C18H25ClN2O4/c1-4-6-9-25-16-13(19)10-12(11-15(16)24-5-2)17(22)20-14-7-8-21(3)18(14)23/h10-11,14H,4-9H2,1-3H3,(H,20,22). The van der Waals surface area contributed by atoms with Crippen molar-refractivity contribution in [2.24, 2.45) is 0 Å². The molecule has 1 heterocycles. The second-order valence-electron chi connectivity index (χ2n) is 5.99. The van der Waals surface area contributed by atoms with Gasteiger partial charge in [0.1, 0.15) is 6.04 Å². The SMILES string of the molecule is CCCCOc1c(Cl)cc(C(=O)NC2CCN(C)C2=O)cc1OCC. The monoisotopic (exact) mass is 368 g/mol. The highest BCUT2D eigenvalue weighted by atomic mass is 35.5. The van der Waals surface area contributed by atoms with Gasteiger partial charge in [0.2, 0.25) is 5.91 Å². The molecule has 1 saturated heterocycles. The zero-order valence-corrected chi connectivity index (χ0v) is 15.7. The number of carbonyl (C=O) groups is 2. The molecular formula is C18H25ClN2O4. The summed E-state index contributed by atoms with van der Waals surface area (Å²) in [4.78, 5) is 26.1. The highest BCUT2D eigenvalue weighted by Crippen LogP contribution is 2.37. The van der Waals surface area contributed by atoms with E-state index in [9.17, 15) is 9.59 Å². The van der Waals surface area contributed by atoms with Crippen LogP contribution in [0, 0.1) is 0 Å². The fourth-order valence-electron chi connectivity index (χ4n) is 2.62. The molecule has 1 fully saturated rings. The highest BCUT2D eigenvalue weighted by molar-refractivity contribution is 6.32. The Morgan fingerprint density at radius 2 is 2.12 bits per heavy atom. The second kappa shape index (κ2) is 8.94. The summed E-state index contributed by atoms with van der Waals surface area (Å²) < 4.78 is 11.3. The van der Waals surface area contributed by atoms with Crippen molar-refractivity contribution in [1.29, 1.82) is 0 Å². The van der Waals surface area contributed by atoms with Crippen LogP contribution in [0.25, 0.3) is 0 Å². The molecule has 0 radical (unpaired) electrons. The van der Waals surface area contributed by atoms with Gasteiger partial charge < -0.3 is 19.7 Å². The van der Waals surface area contributed by atoms with Crippen molar-refractivity contribution in [3.63, 3.8) is 0 Å². The molecule has 1 aliphatic rings. The maximum absolute atomic E-state index is 12.5. The molecule has 1 atom stereocenters. The maximum atomic E-state index is 12.5. The number of carbonyl (C=O) groups excluding carboxylic acids is 2. The van der Waals surface area contributed by atoms with E-state index in [1.165, 1.54) is 0 Å². The second-order valence-corrected chi connectivity index (χ2v) is 6.40. The minimum Gasteiger partial charge on any atom is -0.490 e. The molecule has 1 N–H and O–H groups in total.